The van der Waals surface area contributed by atoms with Gasteiger partial charge in [0.15, 0.2) is 6.61 Å². The van der Waals surface area contributed by atoms with Crippen LogP contribution in [0.3, 0.4) is 0 Å². The van der Waals surface area contributed by atoms with Gasteiger partial charge < -0.3 is 10.1 Å². The highest BCUT2D eigenvalue weighted by Crippen LogP contribution is 2.64. The van der Waals surface area contributed by atoms with Crippen LogP contribution in [0.15, 0.2) is 22.7 Å². The van der Waals surface area contributed by atoms with Crippen molar-refractivity contribution < 1.29 is 14.3 Å². The zero-order chi connectivity index (χ0) is 15.8. The highest BCUT2D eigenvalue weighted by molar-refractivity contribution is 9.10. The number of esters is 1. The van der Waals surface area contributed by atoms with Gasteiger partial charge >= 0.3 is 5.97 Å². The normalized spacial score (nSPS) is 22.5. The van der Waals surface area contributed by atoms with Gasteiger partial charge in [0.2, 0.25) is 0 Å². The summed E-state index contributed by atoms with van der Waals surface area (Å²) >= 11 is 15.1. The molecule has 1 aliphatic carbocycles. The number of hydrogen-bond acceptors (Lipinski definition) is 3. The second-order valence-electron chi connectivity index (χ2n) is 5.30. The van der Waals surface area contributed by atoms with Crippen LogP contribution in [-0.4, -0.2) is 22.8 Å². The molecule has 1 amide bonds. The molecule has 1 aromatic carbocycles. The summed E-state index contributed by atoms with van der Waals surface area (Å²) < 4.78 is 4.80. The van der Waals surface area contributed by atoms with E-state index >= 15 is 0 Å². The Morgan fingerprint density at radius 1 is 1.43 bits per heavy atom. The summed E-state index contributed by atoms with van der Waals surface area (Å²) in [6, 6.07) is 5.46. The molecule has 1 aliphatic rings. The van der Waals surface area contributed by atoms with Crippen molar-refractivity contribution in [2.75, 3.05) is 11.9 Å². The van der Waals surface area contributed by atoms with E-state index < -0.39 is 21.6 Å². The summed E-state index contributed by atoms with van der Waals surface area (Å²) in [4.78, 5) is 23.6. The van der Waals surface area contributed by atoms with E-state index in [2.05, 4.69) is 21.2 Å². The minimum atomic E-state index is -1.09. The summed E-state index contributed by atoms with van der Waals surface area (Å²) in [6.45, 7) is 3.12. The fraction of sp³-hybridized carbons (Fsp3) is 0.429. The second kappa shape index (κ2) is 5.78. The Morgan fingerprint density at radius 3 is 2.57 bits per heavy atom. The van der Waals surface area contributed by atoms with Crippen molar-refractivity contribution in [2.45, 2.75) is 24.6 Å². The van der Waals surface area contributed by atoms with E-state index in [1.165, 1.54) is 0 Å². The van der Waals surface area contributed by atoms with Crippen LogP contribution in [0.1, 0.15) is 18.9 Å². The van der Waals surface area contributed by atoms with Crippen LogP contribution in [-0.2, 0) is 14.3 Å². The van der Waals surface area contributed by atoms with Crippen molar-refractivity contribution in [1.82, 2.24) is 0 Å². The number of hydrogen-bond donors (Lipinski definition) is 1. The molecule has 114 valence electrons. The molecular weight excluding hydrogens is 381 g/mol. The van der Waals surface area contributed by atoms with E-state index in [9.17, 15) is 9.59 Å². The van der Waals surface area contributed by atoms with Gasteiger partial charge in [0.1, 0.15) is 9.75 Å². The Labute approximate surface area is 141 Å². The third-order valence-corrected chi connectivity index (χ3v) is 5.10. The minimum absolute atomic E-state index is 0.329. The van der Waals surface area contributed by atoms with Gasteiger partial charge in [-0.3, -0.25) is 9.59 Å². The first-order valence-electron chi connectivity index (χ1n) is 6.27. The number of benzene rings is 1. The third kappa shape index (κ3) is 3.52. The first kappa shape index (κ1) is 16.6. The fourth-order valence-electron chi connectivity index (χ4n) is 1.87. The molecule has 1 atom stereocenters. The molecule has 0 aromatic heterocycles. The van der Waals surface area contributed by atoms with Gasteiger partial charge in [-0.05, 0) is 37.6 Å². The Morgan fingerprint density at radius 2 is 2.05 bits per heavy atom. The van der Waals surface area contributed by atoms with Crippen molar-refractivity contribution >= 4 is 56.7 Å². The summed E-state index contributed by atoms with van der Waals surface area (Å²) in [5, 5.41) is 2.68. The predicted octanol–water partition coefficient (Wildman–Crippen LogP) is 3.82. The first-order valence-corrected chi connectivity index (χ1v) is 7.82. The monoisotopic (exact) mass is 393 g/mol. The Balaban J connectivity index is 1.87. The number of ether oxygens (including phenoxy) is 1. The lowest BCUT2D eigenvalue weighted by molar-refractivity contribution is -0.152. The van der Waals surface area contributed by atoms with Gasteiger partial charge in [-0.15, -0.1) is 23.2 Å². The number of amides is 1. The molecular formula is C14H14BrCl2NO3. The number of aryl methyl sites for hydroxylation is 1. The second-order valence-corrected chi connectivity index (χ2v) is 7.70. The lowest BCUT2D eigenvalue weighted by Gasteiger charge is -2.12. The standard InChI is InChI=1S/C14H14BrCl2NO3/c1-8-5-9(15)3-4-10(8)18-11(19)6-21-12(20)13(2)7-14(13,16)17/h3-5H,6-7H2,1-2H3,(H,18,19)/t13-/m1/s1. The quantitative estimate of drug-likeness (QED) is 0.623. The number of anilines is 1. The molecule has 0 unspecified atom stereocenters. The molecule has 1 saturated carbocycles. The van der Waals surface area contributed by atoms with Gasteiger partial charge in [0.25, 0.3) is 5.91 Å². The van der Waals surface area contributed by atoms with Crippen LogP contribution in [0.2, 0.25) is 0 Å². The largest absolute Gasteiger partial charge is 0.455 e. The molecule has 0 saturated heterocycles. The van der Waals surface area contributed by atoms with E-state index in [0.717, 1.165) is 10.0 Å². The van der Waals surface area contributed by atoms with Crippen LogP contribution in [0.4, 0.5) is 5.69 Å². The number of carbonyl (C=O) groups excluding carboxylic acids is 2. The number of alkyl halides is 2. The summed E-state index contributed by atoms with van der Waals surface area (Å²) in [7, 11) is 0. The smallest absolute Gasteiger partial charge is 0.315 e. The number of nitrogens with one attached hydrogen (secondary N) is 1. The summed E-state index contributed by atoms with van der Waals surface area (Å²) in [5.41, 5.74) is 0.642. The number of carbonyl (C=O) groups is 2. The lowest BCUT2D eigenvalue weighted by Crippen LogP contribution is -2.27. The maximum Gasteiger partial charge on any atom is 0.315 e. The number of halogens is 3. The summed E-state index contributed by atoms with van der Waals surface area (Å²) in [5.74, 6) is -0.969. The van der Waals surface area contributed by atoms with E-state index in [-0.39, 0.29) is 6.61 Å². The highest BCUT2D eigenvalue weighted by atomic mass is 79.9. The van der Waals surface area contributed by atoms with Crippen LogP contribution >= 0.6 is 39.1 Å². The van der Waals surface area contributed by atoms with Crippen molar-refractivity contribution in [2.24, 2.45) is 5.41 Å². The molecule has 2 rings (SSSR count). The molecule has 1 fully saturated rings. The molecule has 0 heterocycles. The maximum atomic E-state index is 11.8. The molecule has 7 heteroatoms. The fourth-order valence-corrected chi connectivity index (χ4v) is 3.03. The van der Waals surface area contributed by atoms with Gasteiger partial charge in [0, 0.05) is 16.6 Å². The van der Waals surface area contributed by atoms with E-state index in [0.29, 0.717) is 12.1 Å². The Bertz CT molecular complexity index is 606. The highest BCUT2D eigenvalue weighted by Gasteiger charge is 2.69. The zero-order valence-corrected chi connectivity index (χ0v) is 14.6. The maximum absolute atomic E-state index is 11.8. The Kier molecular flexibility index (Phi) is 4.57. The van der Waals surface area contributed by atoms with Crippen molar-refractivity contribution in [1.29, 1.82) is 0 Å². The predicted molar refractivity (Wildman–Crippen MR) is 85.6 cm³/mol. The van der Waals surface area contributed by atoms with E-state index in [1.807, 2.05) is 19.1 Å². The average Bonchev–Trinajstić information content (AvgIpc) is 2.90. The van der Waals surface area contributed by atoms with E-state index in [4.69, 9.17) is 27.9 Å². The SMILES string of the molecule is Cc1cc(Br)ccc1NC(=O)COC(=O)[C@@]1(C)CC1(Cl)Cl. The zero-order valence-electron chi connectivity index (χ0n) is 11.5. The van der Waals surface area contributed by atoms with Crippen molar-refractivity contribution in [3.05, 3.63) is 28.2 Å². The minimum Gasteiger partial charge on any atom is -0.455 e. The van der Waals surface area contributed by atoms with Crippen LogP contribution in [0.25, 0.3) is 0 Å². The molecule has 0 radical (unpaired) electrons. The van der Waals surface area contributed by atoms with Crippen molar-refractivity contribution in [3.63, 3.8) is 0 Å². The molecule has 0 spiro atoms. The van der Waals surface area contributed by atoms with E-state index in [1.54, 1.807) is 13.0 Å². The molecule has 1 N–H and O–H groups in total. The first-order chi connectivity index (χ1) is 9.65. The molecule has 4 nitrogen and oxygen atoms in total. The van der Waals surface area contributed by atoms with Gasteiger partial charge in [-0.2, -0.15) is 0 Å². The van der Waals surface area contributed by atoms with Gasteiger partial charge in [-0.25, -0.2) is 0 Å². The molecule has 1 aromatic rings. The summed E-state index contributed by atoms with van der Waals surface area (Å²) in [6.07, 6.45) is 0.329. The Hall–Kier alpha value is -0.780. The number of rotatable bonds is 4. The molecule has 0 bridgehead atoms. The third-order valence-electron chi connectivity index (χ3n) is 3.51. The molecule has 0 aliphatic heterocycles. The lowest BCUT2D eigenvalue weighted by atomic mass is 10.1. The molecule has 21 heavy (non-hydrogen) atoms. The van der Waals surface area contributed by atoms with Crippen LogP contribution < -0.4 is 5.32 Å². The van der Waals surface area contributed by atoms with Crippen molar-refractivity contribution in [3.8, 4) is 0 Å². The average molecular weight is 395 g/mol. The van der Waals surface area contributed by atoms with Gasteiger partial charge in [0.05, 0.1) is 0 Å². The topological polar surface area (TPSA) is 55.4 Å². The van der Waals surface area contributed by atoms with Crippen LogP contribution in [0.5, 0.6) is 0 Å². The van der Waals surface area contributed by atoms with Crippen LogP contribution in [0, 0.1) is 12.3 Å². The van der Waals surface area contributed by atoms with Gasteiger partial charge in [-0.1, -0.05) is 15.9 Å².